The molecule has 0 spiro atoms. The number of ether oxygens (including phenoxy) is 2. The molecule has 4 fully saturated rings. The van der Waals surface area contributed by atoms with Crippen LogP contribution in [0.1, 0.15) is 63.9 Å². The van der Waals surface area contributed by atoms with E-state index in [-0.39, 0.29) is 21.7 Å². The molecule has 1 aromatic carbocycles. The zero-order valence-corrected chi connectivity index (χ0v) is 21.6. The smallest absolute Gasteiger partial charge is 0.263 e. The lowest BCUT2D eigenvalue weighted by Gasteiger charge is -2.57. The first-order valence-corrected chi connectivity index (χ1v) is 14.7. The molecule has 4 saturated carbocycles. The number of nitrogens with zero attached hydrogens (tertiary/aromatic N) is 3. The first-order valence-electron chi connectivity index (χ1n) is 12.5. The van der Waals surface area contributed by atoms with Gasteiger partial charge >= 0.3 is 0 Å². The molecule has 1 atom stereocenters. The number of hydrogen-bond donors (Lipinski definition) is 1. The molecule has 1 heterocycles. The summed E-state index contributed by atoms with van der Waals surface area (Å²) >= 11 is 0.944. The predicted molar refractivity (Wildman–Crippen MR) is 133 cm³/mol. The second kappa shape index (κ2) is 10.0. The Hall–Kier alpha value is -2.22. The summed E-state index contributed by atoms with van der Waals surface area (Å²) in [6, 6.07) is 6.46. The fraction of sp³-hybridized carbons (Fsp3) is 0.640. The number of nitriles is 1. The van der Waals surface area contributed by atoms with Crippen molar-refractivity contribution in [2.45, 2.75) is 69.3 Å². The quantitative estimate of drug-likeness (QED) is 0.447. The lowest BCUT2D eigenvalue weighted by molar-refractivity contribution is -0.0647. The Kier molecular flexibility index (Phi) is 7.02. The summed E-state index contributed by atoms with van der Waals surface area (Å²) in [6.45, 7) is 3.00. The van der Waals surface area contributed by atoms with Crippen LogP contribution in [-0.2, 0) is 14.8 Å². The summed E-state index contributed by atoms with van der Waals surface area (Å²) in [6.07, 6.45) is 11.4. The van der Waals surface area contributed by atoms with Crippen LogP contribution in [0.3, 0.4) is 0 Å². The third-order valence-corrected chi connectivity index (χ3v) is 9.97. The zero-order valence-electron chi connectivity index (χ0n) is 20.0. The first kappa shape index (κ1) is 24.5. The van der Waals surface area contributed by atoms with Crippen molar-refractivity contribution in [2.24, 2.45) is 23.2 Å². The Morgan fingerprint density at radius 1 is 1.23 bits per heavy atom. The molecule has 10 heteroatoms. The van der Waals surface area contributed by atoms with Gasteiger partial charge in [0.25, 0.3) is 10.0 Å². The highest BCUT2D eigenvalue weighted by atomic mass is 32.2. The van der Waals surface area contributed by atoms with Crippen LogP contribution in [-0.4, -0.2) is 37.1 Å². The van der Waals surface area contributed by atoms with Crippen LogP contribution in [0.2, 0.25) is 0 Å². The van der Waals surface area contributed by atoms with Crippen LogP contribution < -0.4 is 9.46 Å². The van der Waals surface area contributed by atoms with Gasteiger partial charge < -0.3 is 9.47 Å². The molecule has 0 aliphatic heterocycles. The van der Waals surface area contributed by atoms with Gasteiger partial charge in [-0.3, -0.25) is 4.72 Å². The Morgan fingerprint density at radius 2 is 1.94 bits per heavy atom. The van der Waals surface area contributed by atoms with E-state index >= 15 is 0 Å². The van der Waals surface area contributed by atoms with Crippen LogP contribution in [0.15, 0.2) is 29.4 Å². The van der Waals surface area contributed by atoms with Gasteiger partial charge in [-0.15, -0.1) is 0 Å². The normalized spacial score (nSPS) is 27.9. The SMILES string of the molecule is CCOCC(CCC12CC3CC(CC(C3)C1)C2)Oc1ccc(S(=O)(=O)Nc2ncns2)cc1C#N. The zero-order chi connectivity index (χ0) is 24.5. The second-order valence-corrected chi connectivity index (χ2v) is 12.9. The van der Waals surface area contributed by atoms with E-state index in [0.29, 0.717) is 24.4 Å². The second-order valence-electron chi connectivity index (χ2n) is 10.5. The minimum Gasteiger partial charge on any atom is -0.487 e. The molecule has 188 valence electrons. The van der Waals surface area contributed by atoms with Gasteiger partial charge in [0.2, 0.25) is 5.13 Å². The van der Waals surface area contributed by atoms with Crippen molar-refractivity contribution in [1.29, 1.82) is 5.26 Å². The van der Waals surface area contributed by atoms with Gasteiger partial charge in [-0.25, -0.2) is 13.4 Å². The third kappa shape index (κ3) is 5.47. The van der Waals surface area contributed by atoms with E-state index in [1.807, 2.05) is 6.92 Å². The van der Waals surface area contributed by atoms with Gasteiger partial charge in [0.05, 0.1) is 17.1 Å². The van der Waals surface area contributed by atoms with E-state index in [2.05, 4.69) is 20.1 Å². The number of anilines is 1. The van der Waals surface area contributed by atoms with Gasteiger partial charge in [0, 0.05) is 18.1 Å². The minimum atomic E-state index is -3.88. The summed E-state index contributed by atoms with van der Waals surface area (Å²) in [4.78, 5) is 3.83. The maximum atomic E-state index is 12.7. The fourth-order valence-electron chi connectivity index (χ4n) is 6.93. The topological polar surface area (TPSA) is 114 Å². The minimum absolute atomic E-state index is 0.0217. The highest BCUT2D eigenvalue weighted by Gasteiger charge is 2.50. The number of nitrogens with one attached hydrogen (secondary N) is 1. The fourth-order valence-corrected chi connectivity index (χ4v) is 8.61. The molecule has 4 aliphatic rings. The predicted octanol–water partition coefficient (Wildman–Crippen LogP) is 4.99. The number of benzene rings is 1. The van der Waals surface area contributed by atoms with Crippen LogP contribution in [0, 0.1) is 34.5 Å². The molecular formula is C25H32N4O4S2. The van der Waals surface area contributed by atoms with Crippen molar-refractivity contribution in [3.63, 3.8) is 0 Å². The maximum absolute atomic E-state index is 12.7. The molecule has 1 N–H and O–H groups in total. The monoisotopic (exact) mass is 516 g/mol. The average Bonchev–Trinajstić information content (AvgIpc) is 3.32. The number of hydrogen-bond acceptors (Lipinski definition) is 8. The highest BCUT2D eigenvalue weighted by molar-refractivity contribution is 7.93. The molecular weight excluding hydrogens is 484 g/mol. The summed E-state index contributed by atoms with van der Waals surface area (Å²) in [5.41, 5.74) is 0.621. The maximum Gasteiger partial charge on any atom is 0.263 e. The molecule has 0 radical (unpaired) electrons. The van der Waals surface area contributed by atoms with E-state index in [9.17, 15) is 13.7 Å². The molecule has 6 rings (SSSR count). The number of aromatic nitrogens is 2. The first-order chi connectivity index (χ1) is 16.9. The van der Waals surface area contributed by atoms with Crippen LogP contribution in [0.25, 0.3) is 0 Å². The molecule has 1 unspecified atom stereocenters. The van der Waals surface area contributed by atoms with Crippen molar-refractivity contribution < 1.29 is 17.9 Å². The molecule has 1 aromatic heterocycles. The van der Waals surface area contributed by atoms with E-state index in [4.69, 9.17) is 9.47 Å². The molecule has 4 aliphatic carbocycles. The van der Waals surface area contributed by atoms with E-state index in [1.165, 1.54) is 57.0 Å². The molecule has 0 amide bonds. The van der Waals surface area contributed by atoms with Gasteiger partial charge in [-0.1, -0.05) is 0 Å². The Balaban J connectivity index is 1.29. The van der Waals surface area contributed by atoms with Gasteiger partial charge in [0.15, 0.2) is 0 Å². The highest BCUT2D eigenvalue weighted by Crippen LogP contribution is 2.61. The lowest BCUT2D eigenvalue weighted by atomic mass is 9.48. The van der Waals surface area contributed by atoms with Gasteiger partial charge in [-0.2, -0.15) is 9.64 Å². The Bertz CT molecular complexity index is 1140. The number of sulfonamides is 1. The van der Waals surface area contributed by atoms with Crippen LogP contribution in [0.5, 0.6) is 5.75 Å². The van der Waals surface area contributed by atoms with Gasteiger partial charge in [-0.05, 0) is 99.7 Å². The summed E-state index contributed by atoms with van der Waals surface area (Å²) in [5, 5.41) is 9.91. The van der Waals surface area contributed by atoms with E-state index in [1.54, 1.807) is 6.07 Å². The lowest BCUT2D eigenvalue weighted by Crippen LogP contribution is -2.46. The van der Waals surface area contributed by atoms with Crippen LogP contribution >= 0.6 is 11.5 Å². The Labute approximate surface area is 211 Å². The van der Waals surface area contributed by atoms with Crippen molar-refractivity contribution in [1.82, 2.24) is 9.36 Å². The van der Waals surface area contributed by atoms with E-state index < -0.39 is 10.0 Å². The average molecular weight is 517 g/mol. The summed E-state index contributed by atoms with van der Waals surface area (Å²) in [7, 11) is -3.88. The van der Waals surface area contributed by atoms with Crippen molar-refractivity contribution in [3.05, 3.63) is 30.1 Å². The third-order valence-electron chi connectivity index (χ3n) is 7.93. The van der Waals surface area contributed by atoms with Gasteiger partial charge in [0.1, 0.15) is 24.3 Å². The van der Waals surface area contributed by atoms with Crippen LogP contribution in [0.4, 0.5) is 5.13 Å². The molecule has 8 nitrogen and oxygen atoms in total. The molecule has 35 heavy (non-hydrogen) atoms. The Morgan fingerprint density at radius 3 is 2.54 bits per heavy atom. The summed E-state index contributed by atoms with van der Waals surface area (Å²) < 4.78 is 43.6. The van der Waals surface area contributed by atoms with Crippen molar-refractivity contribution in [3.8, 4) is 11.8 Å². The van der Waals surface area contributed by atoms with Crippen molar-refractivity contribution >= 4 is 26.7 Å². The number of rotatable bonds is 11. The molecule has 0 saturated heterocycles. The van der Waals surface area contributed by atoms with E-state index in [0.717, 1.165) is 42.1 Å². The molecule has 2 aromatic rings. The molecule has 4 bridgehead atoms. The largest absolute Gasteiger partial charge is 0.487 e. The summed E-state index contributed by atoms with van der Waals surface area (Å²) in [5.74, 6) is 3.10. The van der Waals surface area contributed by atoms with Crippen molar-refractivity contribution in [2.75, 3.05) is 17.9 Å². The standard InChI is InChI=1S/C25H32N4O4S2/c1-2-32-15-21(5-6-25-11-17-7-18(12-25)9-19(8-17)13-25)33-23-4-3-22(10-20(23)14-26)35(30,31)29-24-27-16-28-34-24/h3-4,10,16-19,21H,2,5-9,11-13,15H2,1H3,(H,27,28,29).